The second-order valence-corrected chi connectivity index (χ2v) is 4.17. The van der Waals surface area contributed by atoms with E-state index in [-0.39, 0.29) is 5.57 Å². The van der Waals surface area contributed by atoms with Crippen molar-refractivity contribution in [3.8, 4) is 0 Å². The lowest BCUT2D eigenvalue weighted by Gasteiger charge is -1.99. The van der Waals surface area contributed by atoms with E-state index in [1.165, 1.54) is 30.8 Å². The van der Waals surface area contributed by atoms with Crippen molar-refractivity contribution in [2.24, 2.45) is 0 Å². The maximum absolute atomic E-state index is 12.8. The molecule has 0 saturated heterocycles. The molecule has 5 heteroatoms. The molecule has 0 aliphatic carbocycles. The minimum atomic E-state index is -0.981. The lowest BCUT2D eigenvalue weighted by molar-refractivity contribution is -0.132. The molecular formula is C11H10F2O2S. The van der Waals surface area contributed by atoms with Gasteiger partial charge in [0.15, 0.2) is 11.6 Å². The van der Waals surface area contributed by atoms with Crippen LogP contribution in [0.4, 0.5) is 8.78 Å². The van der Waals surface area contributed by atoms with E-state index in [4.69, 9.17) is 5.11 Å². The van der Waals surface area contributed by atoms with Gasteiger partial charge in [-0.25, -0.2) is 13.6 Å². The van der Waals surface area contributed by atoms with E-state index in [9.17, 15) is 13.6 Å². The molecule has 0 radical (unpaired) electrons. The van der Waals surface area contributed by atoms with Gasteiger partial charge in [0, 0.05) is 16.2 Å². The third kappa shape index (κ3) is 3.66. The highest BCUT2D eigenvalue weighted by atomic mass is 32.2. The van der Waals surface area contributed by atoms with E-state index in [0.29, 0.717) is 10.6 Å². The smallest absolute Gasteiger partial charge is 0.330 e. The maximum Gasteiger partial charge on any atom is 0.330 e. The average molecular weight is 244 g/mol. The number of hydrogen-bond donors (Lipinski definition) is 1. The summed E-state index contributed by atoms with van der Waals surface area (Å²) in [5.74, 6) is -2.36. The summed E-state index contributed by atoms with van der Waals surface area (Å²) in [6.45, 7) is 1.48. The third-order valence-electron chi connectivity index (χ3n) is 1.87. The van der Waals surface area contributed by atoms with E-state index in [0.717, 1.165) is 12.1 Å². The molecule has 1 aromatic carbocycles. The van der Waals surface area contributed by atoms with Crippen LogP contribution in [0, 0.1) is 11.6 Å². The molecule has 1 aromatic rings. The van der Waals surface area contributed by atoms with Gasteiger partial charge in [0.05, 0.1) is 0 Å². The van der Waals surface area contributed by atoms with Crippen LogP contribution in [0.3, 0.4) is 0 Å². The molecule has 86 valence electrons. The van der Waals surface area contributed by atoms with Crippen LogP contribution in [0.25, 0.3) is 0 Å². The molecule has 0 amide bonds. The number of carbonyl (C=O) groups is 1. The summed E-state index contributed by atoms with van der Waals surface area (Å²) >= 11 is 1.24. The van der Waals surface area contributed by atoms with Crippen LogP contribution < -0.4 is 0 Å². The van der Waals surface area contributed by atoms with E-state index in [1.807, 2.05) is 0 Å². The number of carboxylic acid groups (broad SMARTS) is 1. The molecule has 1 rings (SSSR count). The Kier molecular flexibility index (Phi) is 4.49. The SMILES string of the molecule is CC(=CCSc1ccc(F)c(F)c1)C(=O)O. The van der Waals surface area contributed by atoms with Crippen LogP contribution in [0.2, 0.25) is 0 Å². The minimum absolute atomic E-state index is 0.232. The lowest BCUT2D eigenvalue weighted by Crippen LogP contribution is -1.96. The van der Waals surface area contributed by atoms with E-state index < -0.39 is 17.6 Å². The van der Waals surface area contributed by atoms with Gasteiger partial charge < -0.3 is 5.11 Å². The standard InChI is InChI=1S/C11H10F2O2S/c1-7(11(14)15)4-5-16-8-2-3-9(12)10(13)6-8/h2-4,6H,5H2,1H3,(H,14,15). The minimum Gasteiger partial charge on any atom is -0.478 e. The quantitative estimate of drug-likeness (QED) is 0.653. The molecule has 0 spiro atoms. The first-order valence-electron chi connectivity index (χ1n) is 4.48. The highest BCUT2D eigenvalue weighted by molar-refractivity contribution is 7.99. The van der Waals surface area contributed by atoms with Gasteiger partial charge in [0.25, 0.3) is 0 Å². The van der Waals surface area contributed by atoms with Gasteiger partial charge >= 0.3 is 5.97 Å². The van der Waals surface area contributed by atoms with Crippen molar-refractivity contribution in [2.75, 3.05) is 5.75 Å². The predicted molar refractivity (Wildman–Crippen MR) is 58.5 cm³/mol. The molecule has 2 nitrogen and oxygen atoms in total. The van der Waals surface area contributed by atoms with Gasteiger partial charge in [0.2, 0.25) is 0 Å². The third-order valence-corrected chi connectivity index (χ3v) is 2.79. The zero-order chi connectivity index (χ0) is 12.1. The first-order chi connectivity index (χ1) is 7.50. The fourth-order valence-corrected chi connectivity index (χ4v) is 1.79. The molecule has 0 unspecified atom stereocenters. The Bertz CT molecular complexity index is 430. The van der Waals surface area contributed by atoms with Crippen molar-refractivity contribution in [3.05, 3.63) is 41.5 Å². The molecule has 16 heavy (non-hydrogen) atoms. The number of benzene rings is 1. The van der Waals surface area contributed by atoms with Crippen molar-refractivity contribution in [1.82, 2.24) is 0 Å². The van der Waals surface area contributed by atoms with Crippen LogP contribution in [-0.4, -0.2) is 16.8 Å². The largest absolute Gasteiger partial charge is 0.478 e. The van der Waals surface area contributed by atoms with Crippen LogP contribution in [0.15, 0.2) is 34.7 Å². The molecule has 0 aliphatic rings. The first-order valence-corrected chi connectivity index (χ1v) is 5.47. The van der Waals surface area contributed by atoms with Gasteiger partial charge in [-0.3, -0.25) is 0 Å². The molecule has 0 aromatic heterocycles. The number of aliphatic carboxylic acids is 1. The van der Waals surface area contributed by atoms with Crippen LogP contribution in [0.5, 0.6) is 0 Å². The zero-order valence-electron chi connectivity index (χ0n) is 8.54. The van der Waals surface area contributed by atoms with Crippen molar-refractivity contribution in [2.45, 2.75) is 11.8 Å². The normalized spacial score (nSPS) is 11.6. The predicted octanol–water partition coefficient (Wildman–Crippen LogP) is 3.09. The van der Waals surface area contributed by atoms with Crippen molar-refractivity contribution < 1.29 is 18.7 Å². The zero-order valence-corrected chi connectivity index (χ0v) is 9.35. The Balaban J connectivity index is 2.59. The monoisotopic (exact) mass is 244 g/mol. The fourth-order valence-electron chi connectivity index (χ4n) is 0.917. The molecular weight excluding hydrogens is 234 g/mol. The summed E-state index contributed by atoms with van der Waals surface area (Å²) in [6.07, 6.45) is 1.52. The highest BCUT2D eigenvalue weighted by Gasteiger charge is 2.03. The van der Waals surface area contributed by atoms with Crippen LogP contribution in [-0.2, 0) is 4.79 Å². The van der Waals surface area contributed by atoms with Crippen LogP contribution in [0.1, 0.15) is 6.92 Å². The first kappa shape index (κ1) is 12.7. The molecule has 0 atom stereocenters. The molecule has 0 bridgehead atoms. The summed E-state index contributed by atoms with van der Waals surface area (Å²) in [5.41, 5.74) is 0.232. The fraction of sp³-hybridized carbons (Fsp3) is 0.182. The lowest BCUT2D eigenvalue weighted by atomic mass is 10.3. The Labute approximate surface area is 96.0 Å². The van der Waals surface area contributed by atoms with Crippen molar-refractivity contribution in [1.29, 1.82) is 0 Å². The summed E-state index contributed by atoms with van der Waals surface area (Å²) in [4.78, 5) is 11.0. The summed E-state index contributed by atoms with van der Waals surface area (Å²) in [6, 6.07) is 3.59. The second-order valence-electron chi connectivity index (χ2n) is 3.08. The van der Waals surface area contributed by atoms with Crippen molar-refractivity contribution in [3.63, 3.8) is 0 Å². The number of carboxylic acids is 1. The van der Waals surface area contributed by atoms with E-state index in [1.54, 1.807) is 0 Å². The van der Waals surface area contributed by atoms with Gasteiger partial charge in [0.1, 0.15) is 0 Å². The Morgan fingerprint density at radius 3 is 2.69 bits per heavy atom. The van der Waals surface area contributed by atoms with E-state index >= 15 is 0 Å². The Morgan fingerprint density at radius 1 is 1.44 bits per heavy atom. The number of halogens is 2. The number of hydrogen-bond acceptors (Lipinski definition) is 2. The summed E-state index contributed by atoms with van der Waals surface area (Å²) in [5, 5.41) is 8.57. The number of rotatable bonds is 4. The van der Waals surface area contributed by atoms with Gasteiger partial charge in [-0.2, -0.15) is 0 Å². The molecule has 0 saturated carbocycles. The Morgan fingerprint density at radius 2 is 2.12 bits per heavy atom. The summed E-state index contributed by atoms with van der Waals surface area (Å²) < 4.78 is 25.4. The summed E-state index contributed by atoms with van der Waals surface area (Å²) in [7, 11) is 0. The van der Waals surface area contributed by atoms with Crippen LogP contribution >= 0.6 is 11.8 Å². The number of thioether (sulfide) groups is 1. The molecule has 0 heterocycles. The second kappa shape index (κ2) is 5.65. The topological polar surface area (TPSA) is 37.3 Å². The molecule has 1 N–H and O–H groups in total. The Hall–Kier alpha value is -1.36. The van der Waals surface area contributed by atoms with Gasteiger partial charge in [-0.05, 0) is 25.1 Å². The van der Waals surface area contributed by atoms with E-state index in [2.05, 4.69) is 0 Å². The average Bonchev–Trinajstić information content (AvgIpc) is 2.23. The molecule has 0 fully saturated rings. The maximum atomic E-state index is 12.8. The highest BCUT2D eigenvalue weighted by Crippen LogP contribution is 2.20. The van der Waals surface area contributed by atoms with Gasteiger partial charge in [-0.15, -0.1) is 11.8 Å². The molecule has 0 aliphatic heterocycles. The van der Waals surface area contributed by atoms with Gasteiger partial charge in [-0.1, -0.05) is 6.08 Å². The van der Waals surface area contributed by atoms with Crippen molar-refractivity contribution >= 4 is 17.7 Å².